The highest BCUT2D eigenvalue weighted by Crippen LogP contribution is 2.40. The molecule has 22 heavy (non-hydrogen) atoms. The first-order valence-electron chi connectivity index (χ1n) is 9.36. The summed E-state index contributed by atoms with van der Waals surface area (Å²) in [6.45, 7) is 18.8. The van der Waals surface area contributed by atoms with Crippen molar-refractivity contribution in [2.24, 2.45) is 17.8 Å². The number of hydrogen-bond acceptors (Lipinski definition) is 2. The Kier molecular flexibility index (Phi) is 7.39. The van der Waals surface area contributed by atoms with Crippen LogP contribution >= 0.6 is 0 Å². The van der Waals surface area contributed by atoms with Crippen LogP contribution in [0.1, 0.15) is 87.5 Å². The van der Waals surface area contributed by atoms with Crippen molar-refractivity contribution in [3.05, 3.63) is 0 Å². The monoisotopic (exact) mass is 312 g/mol. The summed E-state index contributed by atoms with van der Waals surface area (Å²) in [4.78, 5) is 0. The Balaban J connectivity index is 2.48. The standard InChI is InChI=1S/C20H40O2/c1-15(2)20(11-9-10-16(3)13-20)21-14-17(4)12-18(5)22-19(6,7)8/h15-18H,9-14H2,1-8H3. The first-order valence-corrected chi connectivity index (χ1v) is 9.36. The Hall–Kier alpha value is -0.0800. The molecule has 1 rings (SSSR count). The highest BCUT2D eigenvalue weighted by atomic mass is 16.5. The van der Waals surface area contributed by atoms with E-state index in [4.69, 9.17) is 9.47 Å². The fourth-order valence-corrected chi connectivity index (χ4v) is 3.96. The van der Waals surface area contributed by atoms with Crippen molar-refractivity contribution in [3.63, 3.8) is 0 Å². The van der Waals surface area contributed by atoms with Crippen molar-refractivity contribution < 1.29 is 9.47 Å². The molecule has 2 nitrogen and oxygen atoms in total. The zero-order valence-corrected chi connectivity index (χ0v) is 16.4. The van der Waals surface area contributed by atoms with Gasteiger partial charge in [0.15, 0.2) is 0 Å². The van der Waals surface area contributed by atoms with Crippen LogP contribution in [0.25, 0.3) is 0 Å². The van der Waals surface area contributed by atoms with Gasteiger partial charge >= 0.3 is 0 Å². The van der Waals surface area contributed by atoms with Gasteiger partial charge in [-0.05, 0) is 64.7 Å². The van der Waals surface area contributed by atoms with Crippen LogP contribution in [0.3, 0.4) is 0 Å². The van der Waals surface area contributed by atoms with Gasteiger partial charge < -0.3 is 9.47 Å². The van der Waals surface area contributed by atoms with Crippen LogP contribution in [0, 0.1) is 17.8 Å². The van der Waals surface area contributed by atoms with Gasteiger partial charge in [-0.15, -0.1) is 0 Å². The van der Waals surface area contributed by atoms with E-state index in [-0.39, 0.29) is 11.2 Å². The first kappa shape index (κ1) is 20.0. The Morgan fingerprint density at radius 3 is 2.27 bits per heavy atom. The van der Waals surface area contributed by atoms with Crippen molar-refractivity contribution in [2.45, 2.75) is 105 Å². The van der Waals surface area contributed by atoms with Gasteiger partial charge in [-0.1, -0.05) is 40.5 Å². The van der Waals surface area contributed by atoms with Gasteiger partial charge in [-0.3, -0.25) is 0 Å². The highest BCUT2D eigenvalue weighted by molar-refractivity contribution is 4.90. The van der Waals surface area contributed by atoms with Crippen LogP contribution in [-0.2, 0) is 9.47 Å². The summed E-state index contributed by atoms with van der Waals surface area (Å²) in [6.07, 6.45) is 6.50. The minimum absolute atomic E-state index is 0.0576. The lowest BCUT2D eigenvalue weighted by Gasteiger charge is -2.44. The van der Waals surface area contributed by atoms with E-state index >= 15 is 0 Å². The molecule has 2 heteroatoms. The molecule has 0 radical (unpaired) electrons. The smallest absolute Gasteiger partial charge is 0.0708 e. The molecule has 0 saturated heterocycles. The summed E-state index contributed by atoms with van der Waals surface area (Å²) in [5.41, 5.74) is 0.0536. The van der Waals surface area contributed by atoms with Gasteiger partial charge in [0.25, 0.3) is 0 Å². The molecule has 1 saturated carbocycles. The Bertz CT molecular complexity index is 318. The molecular formula is C20H40O2. The molecule has 1 aliphatic carbocycles. The van der Waals surface area contributed by atoms with Gasteiger partial charge in [-0.2, -0.15) is 0 Å². The molecule has 0 bridgehead atoms. The molecule has 0 N–H and O–H groups in total. The fourth-order valence-electron chi connectivity index (χ4n) is 3.96. The molecule has 0 heterocycles. The van der Waals surface area contributed by atoms with Crippen LogP contribution in [0.4, 0.5) is 0 Å². The Labute approximate surface area is 139 Å². The topological polar surface area (TPSA) is 18.5 Å². The van der Waals surface area contributed by atoms with Crippen LogP contribution < -0.4 is 0 Å². The van der Waals surface area contributed by atoms with Crippen LogP contribution in [0.15, 0.2) is 0 Å². The predicted molar refractivity (Wildman–Crippen MR) is 95.2 cm³/mol. The van der Waals surface area contributed by atoms with E-state index in [1.165, 1.54) is 25.7 Å². The SMILES string of the molecule is CC(COC1(C(C)C)CCCC(C)C1)CC(C)OC(C)(C)C. The average molecular weight is 313 g/mol. The zero-order valence-electron chi connectivity index (χ0n) is 16.4. The molecule has 0 aliphatic heterocycles. The normalized spacial score (nSPS) is 29.6. The van der Waals surface area contributed by atoms with Crippen molar-refractivity contribution in [1.82, 2.24) is 0 Å². The molecule has 0 aromatic heterocycles. The van der Waals surface area contributed by atoms with Gasteiger partial charge in [-0.25, -0.2) is 0 Å². The van der Waals surface area contributed by atoms with E-state index in [9.17, 15) is 0 Å². The summed E-state index contributed by atoms with van der Waals surface area (Å²) >= 11 is 0. The van der Waals surface area contributed by atoms with E-state index in [2.05, 4.69) is 55.4 Å². The fraction of sp³-hybridized carbons (Fsp3) is 1.00. The molecule has 0 amide bonds. The summed E-state index contributed by atoms with van der Waals surface area (Å²) in [6, 6.07) is 0. The third kappa shape index (κ3) is 6.58. The number of ether oxygens (including phenoxy) is 2. The van der Waals surface area contributed by atoms with E-state index in [1.807, 2.05) is 0 Å². The van der Waals surface area contributed by atoms with Gasteiger partial charge in [0.1, 0.15) is 0 Å². The predicted octanol–water partition coefficient (Wildman–Crippen LogP) is 5.84. The minimum atomic E-state index is -0.0576. The maximum atomic E-state index is 6.54. The molecule has 0 spiro atoms. The molecule has 4 atom stereocenters. The lowest BCUT2D eigenvalue weighted by atomic mass is 9.73. The lowest BCUT2D eigenvalue weighted by molar-refractivity contribution is -0.127. The first-order chi connectivity index (χ1) is 10.0. The van der Waals surface area contributed by atoms with E-state index in [0.717, 1.165) is 18.9 Å². The number of rotatable bonds is 7. The van der Waals surface area contributed by atoms with Crippen LogP contribution in [-0.4, -0.2) is 23.9 Å². The number of hydrogen-bond donors (Lipinski definition) is 0. The van der Waals surface area contributed by atoms with Crippen LogP contribution in [0.2, 0.25) is 0 Å². The van der Waals surface area contributed by atoms with Crippen molar-refractivity contribution in [3.8, 4) is 0 Å². The van der Waals surface area contributed by atoms with Gasteiger partial charge in [0.2, 0.25) is 0 Å². The highest BCUT2D eigenvalue weighted by Gasteiger charge is 2.39. The molecule has 0 aromatic carbocycles. The van der Waals surface area contributed by atoms with Crippen molar-refractivity contribution >= 4 is 0 Å². The maximum Gasteiger partial charge on any atom is 0.0708 e. The van der Waals surface area contributed by atoms with Crippen molar-refractivity contribution in [2.75, 3.05) is 6.61 Å². The average Bonchev–Trinajstić information content (AvgIpc) is 2.33. The second kappa shape index (κ2) is 8.15. The van der Waals surface area contributed by atoms with Crippen molar-refractivity contribution in [1.29, 1.82) is 0 Å². The van der Waals surface area contributed by atoms with E-state index in [1.54, 1.807) is 0 Å². The minimum Gasteiger partial charge on any atom is -0.374 e. The molecule has 1 fully saturated rings. The van der Waals surface area contributed by atoms with E-state index < -0.39 is 0 Å². The summed E-state index contributed by atoms with van der Waals surface area (Å²) in [5.74, 6) is 1.95. The lowest BCUT2D eigenvalue weighted by Crippen LogP contribution is -2.43. The molecule has 1 aliphatic rings. The summed E-state index contributed by atoms with van der Waals surface area (Å²) < 4.78 is 12.6. The second-order valence-electron chi connectivity index (χ2n) is 9.11. The van der Waals surface area contributed by atoms with Crippen LogP contribution in [0.5, 0.6) is 0 Å². The van der Waals surface area contributed by atoms with Gasteiger partial charge in [0, 0.05) is 6.61 Å². The third-order valence-corrected chi connectivity index (χ3v) is 4.99. The van der Waals surface area contributed by atoms with E-state index in [0.29, 0.717) is 17.9 Å². The molecule has 0 aromatic rings. The maximum absolute atomic E-state index is 6.54. The largest absolute Gasteiger partial charge is 0.374 e. The summed E-state index contributed by atoms with van der Waals surface area (Å²) in [7, 11) is 0. The summed E-state index contributed by atoms with van der Waals surface area (Å²) in [5, 5.41) is 0. The Morgan fingerprint density at radius 1 is 1.14 bits per heavy atom. The molecule has 132 valence electrons. The Morgan fingerprint density at radius 2 is 1.77 bits per heavy atom. The quantitative estimate of drug-likeness (QED) is 0.588. The second-order valence-corrected chi connectivity index (χ2v) is 9.11. The molecular weight excluding hydrogens is 272 g/mol. The third-order valence-electron chi connectivity index (χ3n) is 4.99. The zero-order chi connectivity index (χ0) is 17.0. The molecule has 4 unspecified atom stereocenters. The van der Waals surface area contributed by atoms with Gasteiger partial charge in [0.05, 0.1) is 17.3 Å².